The van der Waals surface area contributed by atoms with Gasteiger partial charge in [-0.3, -0.25) is 14.9 Å². The molecule has 2 saturated heterocycles. The molecule has 0 aliphatic carbocycles. The normalized spacial score (nSPS) is 17.6. The fourth-order valence-electron chi connectivity index (χ4n) is 6.69. The number of aliphatic hydroxyl groups is 1. The number of amidine groups is 1. The maximum absolute atomic E-state index is 13.9. The number of likely N-dealkylation sites (tertiary alicyclic amines) is 2. The third kappa shape index (κ3) is 6.84. The highest BCUT2D eigenvalue weighted by Gasteiger charge is 2.32. The van der Waals surface area contributed by atoms with Crippen molar-refractivity contribution in [2.24, 2.45) is 11.7 Å². The van der Waals surface area contributed by atoms with Crippen LogP contribution in [0, 0.1) is 23.0 Å². The van der Waals surface area contributed by atoms with Crippen LogP contribution in [0.15, 0.2) is 42.6 Å². The molecular formula is C35H42F2N8O2. The van der Waals surface area contributed by atoms with Crippen molar-refractivity contribution in [2.75, 3.05) is 38.5 Å². The molecule has 2 aromatic carbocycles. The molecule has 1 atom stereocenters. The zero-order chi connectivity index (χ0) is 33.4. The van der Waals surface area contributed by atoms with Crippen molar-refractivity contribution in [1.29, 1.82) is 5.41 Å². The molecule has 0 radical (unpaired) electrons. The van der Waals surface area contributed by atoms with E-state index in [0.717, 1.165) is 49.0 Å². The van der Waals surface area contributed by atoms with Gasteiger partial charge in [0.15, 0.2) is 11.6 Å². The van der Waals surface area contributed by atoms with Crippen LogP contribution in [-0.2, 0) is 13.0 Å². The molecule has 0 spiro atoms. The van der Waals surface area contributed by atoms with Crippen LogP contribution in [0.4, 0.5) is 14.6 Å². The lowest BCUT2D eigenvalue weighted by Crippen LogP contribution is -2.38. The minimum absolute atomic E-state index is 0.130. The van der Waals surface area contributed by atoms with Gasteiger partial charge in [-0.1, -0.05) is 26.0 Å². The quantitative estimate of drug-likeness (QED) is 0.154. The van der Waals surface area contributed by atoms with Gasteiger partial charge in [-0.2, -0.15) is 5.10 Å². The molecule has 2 aromatic heterocycles. The minimum atomic E-state index is -0.916. The summed E-state index contributed by atoms with van der Waals surface area (Å²) in [6, 6.07) is 9.59. The first kappa shape index (κ1) is 32.5. The summed E-state index contributed by atoms with van der Waals surface area (Å²) in [5.74, 6) is -1.56. The van der Waals surface area contributed by atoms with E-state index in [1.54, 1.807) is 10.9 Å². The number of anilines is 1. The van der Waals surface area contributed by atoms with Crippen molar-refractivity contribution in [1.82, 2.24) is 24.6 Å². The Balaban J connectivity index is 1.51. The predicted molar refractivity (Wildman–Crippen MR) is 179 cm³/mol. The van der Waals surface area contributed by atoms with E-state index in [1.165, 1.54) is 6.07 Å². The number of primary amides is 1. The molecule has 47 heavy (non-hydrogen) atoms. The van der Waals surface area contributed by atoms with E-state index < -0.39 is 23.6 Å². The molecule has 248 valence electrons. The van der Waals surface area contributed by atoms with Crippen molar-refractivity contribution in [2.45, 2.75) is 58.2 Å². The highest BCUT2D eigenvalue weighted by molar-refractivity contribution is 6.13. The maximum atomic E-state index is 13.9. The fraction of sp³-hybridized carbons (Fsp3) is 0.429. The third-order valence-electron chi connectivity index (χ3n) is 9.14. The lowest BCUT2D eigenvalue weighted by atomic mass is 9.89. The van der Waals surface area contributed by atoms with Crippen LogP contribution in [0.2, 0.25) is 0 Å². The Morgan fingerprint density at radius 2 is 1.85 bits per heavy atom. The van der Waals surface area contributed by atoms with Gasteiger partial charge < -0.3 is 26.0 Å². The van der Waals surface area contributed by atoms with Crippen molar-refractivity contribution in [3.05, 3.63) is 76.6 Å². The fourth-order valence-corrected chi connectivity index (χ4v) is 6.69. The van der Waals surface area contributed by atoms with E-state index in [2.05, 4.69) is 36.2 Å². The third-order valence-corrected chi connectivity index (χ3v) is 9.14. The summed E-state index contributed by atoms with van der Waals surface area (Å²) in [4.78, 5) is 22.5. The Hall–Kier alpha value is -4.42. The molecule has 4 aromatic rings. The molecule has 1 amide bonds. The van der Waals surface area contributed by atoms with E-state index in [1.807, 2.05) is 23.1 Å². The molecule has 6 rings (SSSR count). The Morgan fingerprint density at radius 3 is 2.51 bits per heavy atom. The molecule has 2 fully saturated rings. The Labute approximate surface area is 273 Å². The summed E-state index contributed by atoms with van der Waals surface area (Å²) in [5.41, 5.74) is 10.0. The van der Waals surface area contributed by atoms with Gasteiger partial charge in [0.1, 0.15) is 11.7 Å². The number of β-amino-alcohol motifs (C(OH)–C–C–N with tert-alkyl or cyclic N) is 1. The summed E-state index contributed by atoms with van der Waals surface area (Å²) < 4.78 is 29.2. The van der Waals surface area contributed by atoms with Gasteiger partial charge in [0.25, 0.3) is 5.91 Å². The molecule has 0 saturated carbocycles. The van der Waals surface area contributed by atoms with E-state index in [-0.39, 0.29) is 29.9 Å². The van der Waals surface area contributed by atoms with Gasteiger partial charge in [-0.25, -0.2) is 13.8 Å². The van der Waals surface area contributed by atoms with Gasteiger partial charge in [0, 0.05) is 30.1 Å². The van der Waals surface area contributed by atoms with Crippen LogP contribution in [-0.4, -0.2) is 86.8 Å². The number of benzene rings is 2. The van der Waals surface area contributed by atoms with Gasteiger partial charge in [0.2, 0.25) is 0 Å². The van der Waals surface area contributed by atoms with Crippen LogP contribution in [0.3, 0.4) is 0 Å². The molecule has 12 heteroatoms. The Kier molecular flexibility index (Phi) is 9.25. The largest absolute Gasteiger partial charge is 0.391 e. The number of amides is 1. The van der Waals surface area contributed by atoms with E-state index in [9.17, 15) is 24.1 Å². The van der Waals surface area contributed by atoms with Gasteiger partial charge in [-0.15, -0.1) is 0 Å². The maximum Gasteiger partial charge on any atom is 0.251 e. The Morgan fingerprint density at radius 1 is 1.09 bits per heavy atom. The number of pyridine rings is 1. The Bertz CT molecular complexity index is 1820. The minimum Gasteiger partial charge on any atom is -0.391 e. The second-order valence-corrected chi connectivity index (χ2v) is 13.3. The van der Waals surface area contributed by atoms with Gasteiger partial charge >= 0.3 is 0 Å². The molecule has 2 aliphatic rings. The average molecular weight is 645 g/mol. The smallest absolute Gasteiger partial charge is 0.251 e. The molecule has 10 nitrogen and oxygen atoms in total. The van der Waals surface area contributed by atoms with Crippen LogP contribution < -0.4 is 11.1 Å². The van der Waals surface area contributed by atoms with Crippen molar-refractivity contribution in [3.8, 4) is 11.1 Å². The summed E-state index contributed by atoms with van der Waals surface area (Å²) in [7, 11) is 2.10. The number of hydrogen-bond acceptors (Lipinski definition) is 7. The topological polar surface area (TPSA) is 136 Å². The molecule has 4 heterocycles. The number of carbonyl (C=O) groups excluding carboxylic acids is 1. The number of piperidine rings is 1. The van der Waals surface area contributed by atoms with Crippen LogP contribution in [0.25, 0.3) is 22.0 Å². The second-order valence-electron chi connectivity index (χ2n) is 13.3. The van der Waals surface area contributed by atoms with Crippen LogP contribution in [0.5, 0.6) is 0 Å². The molecule has 1 unspecified atom stereocenters. The number of halogens is 2. The highest BCUT2D eigenvalue weighted by Crippen LogP contribution is 2.38. The van der Waals surface area contributed by atoms with Gasteiger partial charge in [-0.05, 0) is 87.1 Å². The first-order chi connectivity index (χ1) is 22.5. The molecule has 2 aliphatic heterocycles. The number of hydrogen-bond donors (Lipinski definition) is 4. The number of rotatable bonds is 9. The van der Waals surface area contributed by atoms with Crippen LogP contribution in [0.1, 0.15) is 60.3 Å². The first-order valence-corrected chi connectivity index (χ1v) is 16.2. The molecule has 5 N–H and O–H groups in total. The zero-order valence-electron chi connectivity index (χ0n) is 27.1. The number of nitrogens with two attached hydrogens (primary N) is 1. The summed E-state index contributed by atoms with van der Waals surface area (Å²) in [6.45, 7) is 7.02. The number of aliphatic hydroxyl groups excluding tert-OH is 1. The summed E-state index contributed by atoms with van der Waals surface area (Å²) in [5, 5.41) is 28.8. The lowest BCUT2D eigenvalue weighted by molar-refractivity contribution is 0.0999. The van der Waals surface area contributed by atoms with Gasteiger partial charge in [0.05, 0.1) is 41.2 Å². The predicted octanol–water partition coefficient (Wildman–Crippen LogP) is 4.62. The van der Waals surface area contributed by atoms with Crippen LogP contribution >= 0.6 is 0 Å². The number of nitrogens with zero attached hydrogens (tertiary/aromatic N) is 5. The lowest BCUT2D eigenvalue weighted by Gasteiger charge is -2.32. The number of carbonyl (C=O) groups is 1. The van der Waals surface area contributed by atoms with E-state index >= 15 is 0 Å². The standard InChI is InChI=1S/C35H42F2N8O2/c1-20(2)14-28-31(34(39)47)30(22-5-7-29-23(16-22)17-40-45(29)18-21-4-6-26(36)27(37)15-21)32(33(38)44-13-10-25(46)19-44)35(42-28)41-24-8-11-43(3)12-9-24/h4-7,15-17,20,24-25,38,46H,8-14,18-19H2,1-3H3,(H2,39,47)(H,41,42). The molecular weight excluding hydrogens is 602 g/mol. The first-order valence-electron chi connectivity index (χ1n) is 16.2. The number of fused-ring (bicyclic) bond motifs is 1. The zero-order valence-corrected chi connectivity index (χ0v) is 27.1. The summed E-state index contributed by atoms with van der Waals surface area (Å²) >= 11 is 0. The monoisotopic (exact) mass is 644 g/mol. The highest BCUT2D eigenvalue weighted by atomic mass is 19.2. The second kappa shape index (κ2) is 13.4. The molecule has 0 bridgehead atoms. The summed E-state index contributed by atoms with van der Waals surface area (Å²) in [6.07, 6.45) is 4.01. The number of aromatic nitrogens is 3. The average Bonchev–Trinajstić information content (AvgIpc) is 3.64. The van der Waals surface area contributed by atoms with E-state index in [0.29, 0.717) is 59.7 Å². The van der Waals surface area contributed by atoms with E-state index in [4.69, 9.17) is 10.7 Å². The number of nitrogens with one attached hydrogen (secondary N) is 2. The van der Waals surface area contributed by atoms with Crippen molar-refractivity contribution in [3.63, 3.8) is 0 Å². The SMILES string of the molecule is CC(C)Cc1nc(NC2CCN(C)CC2)c(C(=N)N2CCC(O)C2)c(-c2ccc3c(cnn3Cc3ccc(F)c(F)c3)c2)c1C(N)=O. The van der Waals surface area contributed by atoms with Crippen molar-refractivity contribution < 1.29 is 18.7 Å². The van der Waals surface area contributed by atoms with Crippen molar-refractivity contribution >= 4 is 28.5 Å².